The zero-order valence-corrected chi connectivity index (χ0v) is 7.53. The van der Waals surface area contributed by atoms with Crippen LogP contribution in [0, 0.1) is 15.9 Å². The van der Waals surface area contributed by atoms with Gasteiger partial charge in [-0.25, -0.2) is 4.39 Å². The molecule has 0 radical (unpaired) electrons. The Morgan fingerprint density at radius 2 is 1.94 bits per heavy atom. The van der Waals surface area contributed by atoms with Gasteiger partial charge in [0, 0.05) is 17.7 Å². The highest BCUT2D eigenvalue weighted by atomic mass is 19.4. The van der Waals surface area contributed by atoms with Crippen LogP contribution in [0.5, 0.6) is 0 Å². The van der Waals surface area contributed by atoms with Gasteiger partial charge in [-0.05, 0) is 6.07 Å². The molecule has 0 aliphatic carbocycles. The first-order valence-electron chi connectivity index (χ1n) is 3.92. The highest BCUT2D eigenvalue weighted by Gasteiger charge is 2.41. The third-order valence-corrected chi connectivity index (χ3v) is 1.80. The molecule has 1 aromatic rings. The first-order valence-corrected chi connectivity index (χ1v) is 3.92. The summed E-state index contributed by atoms with van der Waals surface area (Å²) in [6.45, 7) is 0. The van der Waals surface area contributed by atoms with Crippen LogP contribution in [-0.2, 0) is 0 Å². The van der Waals surface area contributed by atoms with E-state index in [0.29, 0.717) is 18.2 Å². The highest BCUT2D eigenvalue weighted by Crippen LogP contribution is 2.34. The van der Waals surface area contributed by atoms with E-state index in [1.54, 1.807) is 0 Å². The van der Waals surface area contributed by atoms with Crippen LogP contribution in [0.1, 0.15) is 11.7 Å². The molecule has 0 bridgehead atoms. The number of nitro groups is 1. The molecule has 0 saturated carbocycles. The van der Waals surface area contributed by atoms with Crippen LogP contribution < -0.4 is 0 Å². The van der Waals surface area contributed by atoms with Gasteiger partial charge >= 0.3 is 6.18 Å². The molecule has 0 fully saturated rings. The van der Waals surface area contributed by atoms with Crippen molar-refractivity contribution in [2.45, 2.75) is 12.3 Å². The molecule has 0 saturated heterocycles. The van der Waals surface area contributed by atoms with Crippen molar-refractivity contribution in [2.75, 3.05) is 0 Å². The molecule has 1 N–H and O–H groups in total. The van der Waals surface area contributed by atoms with Gasteiger partial charge in [-0.3, -0.25) is 10.1 Å². The molecule has 16 heavy (non-hydrogen) atoms. The lowest BCUT2D eigenvalue weighted by Gasteiger charge is -2.14. The second-order valence-corrected chi connectivity index (χ2v) is 2.91. The summed E-state index contributed by atoms with van der Waals surface area (Å²) < 4.78 is 49.1. The number of benzene rings is 1. The molecule has 0 aliphatic rings. The SMILES string of the molecule is O=[N+]([O-])c1ccc(F)c([C@@H](O)C(F)(F)F)c1. The van der Waals surface area contributed by atoms with Crippen molar-refractivity contribution in [2.24, 2.45) is 0 Å². The van der Waals surface area contributed by atoms with Crippen LogP contribution in [0.4, 0.5) is 23.2 Å². The third kappa shape index (κ3) is 2.45. The highest BCUT2D eigenvalue weighted by molar-refractivity contribution is 5.36. The van der Waals surface area contributed by atoms with E-state index < -0.39 is 34.3 Å². The molecule has 0 unspecified atom stereocenters. The summed E-state index contributed by atoms with van der Waals surface area (Å²) >= 11 is 0. The maximum absolute atomic E-state index is 12.9. The van der Waals surface area contributed by atoms with Gasteiger partial charge in [-0.2, -0.15) is 13.2 Å². The summed E-state index contributed by atoms with van der Waals surface area (Å²) in [5, 5.41) is 19.0. The van der Waals surface area contributed by atoms with Gasteiger partial charge in [0.05, 0.1) is 4.92 Å². The summed E-state index contributed by atoms with van der Waals surface area (Å²) in [7, 11) is 0. The molecular weight excluding hydrogens is 234 g/mol. The predicted molar refractivity (Wildman–Crippen MR) is 44.1 cm³/mol. The Bertz CT molecular complexity index is 418. The number of aliphatic hydroxyl groups is 1. The Labute approximate surface area is 86.3 Å². The van der Waals surface area contributed by atoms with Crippen LogP contribution in [-0.4, -0.2) is 16.2 Å². The van der Waals surface area contributed by atoms with Gasteiger partial charge < -0.3 is 5.11 Å². The van der Waals surface area contributed by atoms with E-state index in [9.17, 15) is 27.7 Å². The van der Waals surface area contributed by atoms with Gasteiger partial charge in [0.15, 0.2) is 6.10 Å². The Morgan fingerprint density at radius 1 is 1.38 bits per heavy atom. The summed E-state index contributed by atoms with van der Waals surface area (Å²) in [5.41, 5.74) is -1.89. The number of hydrogen-bond donors (Lipinski definition) is 1. The van der Waals surface area contributed by atoms with E-state index >= 15 is 0 Å². The molecule has 0 spiro atoms. The minimum absolute atomic E-state index is 0.355. The Balaban J connectivity index is 3.22. The van der Waals surface area contributed by atoms with Gasteiger partial charge in [0.1, 0.15) is 5.82 Å². The molecule has 88 valence electrons. The number of non-ortho nitro benzene ring substituents is 1. The quantitative estimate of drug-likeness (QED) is 0.489. The fourth-order valence-electron chi connectivity index (χ4n) is 1.03. The fraction of sp³-hybridized carbons (Fsp3) is 0.250. The lowest BCUT2D eigenvalue weighted by Crippen LogP contribution is -2.21. The molecule has 1 aromatic carbocycles. The minimum atomic E-state index is -5.07. The van der Waals surface area contributed by atoms with Gasteiger partial charge in [0.2, 0.25) is 0 Å². The van der Waals surface area contributed by atoms with E-state index in [2.05, 4.69) is 0 Å². The second kappa shape index (κ2) is 4.05. The lowest BCUT2D eigenvalue weighted by molar-refractivity contribution is -0.385. The van der Waals surface area contributed by atoms with Crippen molar-refractivity contribution in [3.63, 3.8) is 0 Å². The van der Waals surface area contributed by atoms with E-state index in [4.69, 9.17) is 5.11 Å². The number of nitrogens with zero attached hydrogens (tertiary/aromatic N) is 1. The normalized spacial score (nSPS) is 13.6. The first kappa shape index (κ1) is 12.4. The largest absolute Gasteiger partial charge is 0.418 e. The van der Waals surface area contributed by atoms with Crippen LogP contribution >= 0.6 is 0 Å². The molecule has 0 aliphatic heterocycles. The van der Waals surface area contributed by atoms with Crippen LogP contribution in [0.2, 0.25) is 0 Å². The smallest absolute Gasteiger partial charge is 0.379 e. The molecule has 0 heterocycles. The van der Waals surface area contributed by atoms with E-state index in [1.165, 1.54) is 0 Å². The fourth-order valence-corrected chi connectivity index (χ4v) is 1.03. The van der Waals surface area contributed by atoms with Crippen molar-refractivity contribution in [1.29, 1.82) is 0 Å². The van der Waals surface area contributed by atoms with Gasteiger partial charge in [-0.1, -0.05) is 0 Å². The second-order valence-electron chi connectivity index (χ2n) is 2.91. The molecule has 0 aromatic heterocycles. The molecule has 4 nitrogen and oxygen atoms in total. The van der Waals surface area contributed by atoms with Gasteiger partial charge in [-0.15, -0.1) is 0 Å². The number of halogens is 4. The number of rotatable bonds is 2. The van der Waals surface area contributed by atoms with E-state index in [1.807, 2.05) is 0 Å². The zero-order valence-electron chi connectivity index (χ0n) is 7.53. The summed E-state index contributed by atoms with van der Waals surface area (Å²) in [6.07, 6.45) is -8.15. The maximum atomic E-state index is 12.9. The molecule has 1 rings (SSSR count). The summed E-state index contributed by atoms with van der Waals surface area (Å²) in [4.78, 5) is 9.28. The van der Waals surface area contributed by atoms with Crippen LogP contribution in [0.15, 0.2) is 18.2 Å². The molecular formula is C8H5F4NO3. The average Bonchev–Trinajstić information content (AvgIpc) is 2.15. The third-order valence-electron chi connectivity index (χ3n) is 1.80. The monoisotopic (exact) mass is 239 g/mol. The molecule has 1 atom stereocenters. The number of nitro benzene ring substituents is 1. The first-order chi connectivity index (χ1) is 7.23. The van der Waals surface area contributed by atoms with Crippen molar-refractivity contribution < 1.29 is 27.6 Å². The number of alkyl halides is 3. The molecule has 0 amide bonds. The maximum Gasteiger partial charge on any atom is 0.418 e. The Morgan fingerprint density at radius 3 is 2.38 bits per heavy atom. The van der Waals surface area contributed by atoms with Crippen LogP contribution in [0.3, 0.4) is 0 Å². The summed E-state index contributed by atoms with van der Waals surface area (Å²) in [5.74, 6) is -1.35. The van der Waals surface area contributed by atoms with E-state index in [0.717, 1.165) is 0 Å². The Hall–Kier alpha value is -1.70. The lowest BCUT2D eigenvalue weighted by atomic mass is 10.1. The topological polar surface area (TPSA) is 63.4 Å². The predicted octanol–water partition coefficient (Wildman–Crippen LogP) is 2.33. The number of aliphatic hydroxyl groups excluding tert-OH is 1. The van der Waals surface area contributed by atoms with Crippen molar-refractivity contribution in [3.8, 4) is 0 Å². The van der Waals surface area contributed by atoms with Crippen molar-refractivity contribution in [1.82, 2.24) is 0 Å². The van der Waals surface area contributed by atoms with E-state index in [-0.39, 0.29) is 0 Å². The number of hydrogen-bond acceptors (Lipinski definition) is 3. The van der Waals surface area contributed by atoms with Crippen molar-refractivity contribution in [3.05, 3.63) is 39.7 Å². The Kier molecular flexibility index (Phi) is 3.13. The average molecular weight is 239 g/mol. The minimum Gasteiger partial charge on any atom is -0.379 e. The summed E-state index contributed by atoms with van der Waals surface area (Å²) in [6, 6.07) is 1.57. The van der Waals surface area contributed by atoms with Crippen LogP contribution in [0.25, 0.3) is 0 Å². The van der Waals surface area contributed by atoms with Crippen molar-refractivity contribution >= 4 is 5.69 Å². The molecule has 8 heteroatoms. The zero-order chi connectivity index (χ0) is 12.5. The van der Waals surface area contributed by atoms with Gasteiger partial charge in [0.25, 0.3) is 5.69 Å². The standard InChI is InChI=1S/C8H5F4NO3/c9-6-2-1-4(13(15)16)3-5(6)7(14)8(10,11)12/h1-3,7,14H/t7-/m1/s1.